The summed E-state index contributed by atoms with van der Waals surface area (Å²) in [5, 5.41) is 0. The third-order valence-electron chi connectivity index (χ3n) is 2.55. The van der Waals surface area contributed by atoms with Gasteiger partial charge < -0.3 is 9.88 Å². The summed E-state index contributed by atoms with van der Waals surface area (Å²) in [4.78, 5) is 18.3. The third kappa shape index (κ3) is 1.89. The molecule has 0 radical (unpaired) electrons. The molecule has 2 heterocycles. The summed E-state index contributed by atoms with van der Waals surface area (Å²) >= 11 is 0. The highest BCUT2D eigenvalue weighted by Crippen LogP contribution is 2.29. The number of hydrogen-bond acceptors (Lipinski definition) is 2. The fraction of sp³-hybridized carbons (Fsp3) is 0.556. The number of carbonyl (C=O) groups excluding carboxylic acids is 1. The van der Waals surface area contributed by atoms with Crippen LogP contribution in [-0.4, -0.2) is 27.3 Å². The van der Waals surface area contributed by atoms with Crippen molar-refractivity contribution in [1.82, 2.24) is 14.9 Å². The van der Waals surface area contributed by atoms with E-state index in [1.165, 1.54) is 11.8 Å². The van der Waals surface area contributed by atoms with Gasteiger partial charge >= 0.3 is 6.18 Å². The summed E-state index contributed by atoms with van der Waals surface area (Å²) in [7, 11) is 0. The molecule has 0 atom stereocenters. The summed E-state index contributed by atoms with van der Waals surface area (Å²) in [6, 6.07) is 0. The molecule has 0 spiro atoms. The Morgan fingerprint density at radius 2 is 2.19 bits per heavy atom. The summed E-state index contributed by atoms with van der Waals surface area (Å²) in [6.07, 6.45) is -4.10. The molecular weight excluding hydrogens is 223 g/mol. The van der Waals surface area contributed by atoms with E-state index >= 15 is 0 Å². The number of aromatic amines is 1. The van der Waals surface area contributed by atoms with Crippen molar-refractivity contribution in [2.24, 2.45) is 0 Å². The SMILES string of the molecule is CC(=O)N1CCc2nc(C(F)(F)F)[nH]c2C1. The van der Waals surface area contributed by atoms with Gasteiger partial charge in [0.2, 0.25) is 11.7 Å². The fourth-order valence-corrected chi connectivity index (χ4v) is 1.70. The number of carbonyl (C=O) groups is 1. The van der Waals surface area contributed by atoms with E-state index < -0.39 is 12.0 Å². The van der Waals surface area contributed by atoms with E-state index in [4.69, 9.17) is 0 Å². The van der Waals surface area contributed by atoms with Gasteiger partial charge in [0, 0.05) is 19.9 Å². The van der Waals surface area contributed by atoms with E-state index in [1.807, 2.05) is 0 Å². The van der Waals surface area contributed by atoms with Gasteiger partial charge in [-0.15, -0.1) is 0 Å². The lowest BCUT2D eigenvalue weighted by molar-refractivity contribution is -0.144. The third-order valence-corrected chi connectivity index (χ3v) is 2.55. The number of hydrogen-bond donors (Lipinski definition) is 1. The van der Waals surface area contributed by atoms with Gasteiger partial charge in [0.25, 0.3) is 0 Å². The van der Waals surface area contributed by atoms with E-state index in [2.05, 4.69) is 9.97 Å². The minimum Gasteiger partial charge on any atom is -0.337 e. The van der Waals surface area contributed by atoms with E-state index in [-0.39, 0.29) is 12.5 Å². The molecule has 7 heteroatoms. The number of imidazole rings is 1. The minimum atomic E-state index is -4.46. The number of nitrogens with zero attached hydrogens (tertiary/aromatic N) is 2. The lowest BCUT2D eigenvalue weighted by Gasteiger charge is -2.24. The lowest BCUT2D eigenvalue weighted by Crippen LogP contribution is -2.34. The molecule has 1 aromatic heterocycles. The first-order chi connectivity index (χ1) is 7.38. The molecular formula is C9H10F3N3O. The number of alkyl halides is 3. The zero-order chi connectivity index (χ0) is 11.9. The first kappa shape index (κ1) is 11.0. The monoisotopic (exact) mass is 233 g/mol. The van der Waals surface area contributed by atoms with Gasteiger partial charge in [0.05, 0.1) is 17.9 Å². The normalized spacial score (nSPS) is 16.1. The fourth-order valence-electron chi connectivity index (χ4n) is 1.70. The Morgan fingerprint density at radius 1 is 1.50 bits per heavy atom. The number of nitrogens with one attached hydrogen (secondary N) is 1. The molecule has 0 fully saturated rings. The van der Waals surface area contributed by atoms with Crippen molar-refractivity contribution in [3.8, 4) is 0 Å². The number of halogens is 3. The summed E-state index contributed by atoms with van der Waals surface area (Å²) in [5.41, 5.74) is 0.790. The first-order valence-corrected chi connectivity index (χ1v) is 4.78. The van der Waals surface area contributed by atoms with Crippen LogP contribution in [0.25, 0.3) is 0 Å². The number of rotatable bonds is 0. The Kier molecular flexibility index (Phi) is 2.40. The van der Waals surface area contributed by atoms with Crippen molar-refractivity contribution in [2.75, 3.05) is 6.54 Å². The van der Waals surface area contributed by atoms with Crippen molar-refractivity contribution in [2.45, 2.75) is 26.1 Å². The van der Waals surface area contributed by atoms with Crippen molar-refractivity contribution in [3.63, 3.8) is 0 Å². The van der Waals surface area contributed by atoms with Crippen LogP contribution < -0.4 is 0 Å². The van der Waals surface area contributed by atoms with Crippen LogP contribution in [0.2, 0.25) is 0 Å². The molecule has 1 amide bonds. The Bertz CT molecular complexity index is 424. The molecule has 0 aliphatic carbocycles. The van der Waals surface area contributed by atoms with Crippen LogP contribution in [0, 0.1) is 0 Å². The molecule has 0 aromatic carbocycles. The predicted octanol–water partition coefficient (Wildman–Crippen LogP) is 1.33. The maximum absolute atomic E-state index is 12.4. The molecule has 0 unspecified atom stereocenters. The second kappa shape index (κ2) is 3.50. The lowest BCUT2D eigenvalue weighted by atomic mass is 10.1. The van der Waals surface area contributed by atoms with Crippen LogP contribution in [0.4, 0.5) is 13.2 Å². The molecule has 1 aromatic rings. The topological polar surface area (TPSA) is 49.0 Å². The highest BCUT2D eigenvalue weighted by molar-refractivity contribution is 5.73. The second-order valence-electron chi connectivity index (χ2n) is 3.70. The van der Waals surface area contributed by atoms with Gasteiger partial charge in [0.1, 0.15) is 0 Å². The van der Waals surface area contributed by atoms with Gasteiger partial charge in [-0.2, -0.15) is 13.2 Å². The van der Waals surface area contributed by atoms with Crippen LogP contribution in [-0.2, 0) is 23.9 Å². The Balaban J connectivity index is 2.27. The van der Waals surface area contributed by atoms with Crippen molar-refractivity contribution >= 4 is 5.91 Å². The molecule has 0 bridgehead atoms. The Morgan fingerprint density at radius 3 is 2.75 bits per heavy atom. The van der Waals surface area contributed by atoms with Crippen LogP contribution >= 0.6 is 0 Å². The second-order valence-corrected chi connectivity index (χ2v) is 3.70. The van der Waals surface area contributed by atoms with Crippen LogP contribution in [0.5, 0.6) is 0 Å². The highest BCUT2D eigenvalue weighted by Gasteiger charge is 2.36. The summed E-state index contributed by atoms with van der Waals surface area (Å²) < 4.78 is 37.1. The standard InChI is InChI=1S/C9H10F3N3O/c1-5(16)15-3-2-6-7(4-15)14-8(13-6)9(10,11)12/h2-4H2,1H3,(H,13,14). The van der Waals surface area contributed by atoms with Gasteiger partial charge in [-0.25, -0.2) is 4.98 Å². The zero-order valence-corrected chi connectivity index (χ0v) is 8.56. The maximum atomic E-state index is 12.4. The molecule has 0 saturated heterocycles. The van der Waals surface area contributed by atoms with E-state index in [9.17, 15) is 18.0 Å². The average molecular weight is 233 g/mol. The van der Waals surface area contributed by atoms with Gasteiger partial charge in [-0.3, -0.25) is 4.79 Å². The molecule has 88 valence electrons. The van der Waals surface area contributed by atoms with Gasteiger partial charge in [-0.05, 0) is 0 Å². The zero-order valence-electron chi connectivity index (χ0n) is 8.56. The predicted molar refractivity (Wildman–Crippen MR) is 48.4 cm³/mol. The van der Waals surface area contributed by atoms with Crippen molar-refractivity contribution < 1.29 is 18.0 Å². The molecule has 1 aliphatic heterocycles. The van der Waals surface area contributed by atoms with E-state index in [1.54, 1.807) is 0 Å². The molecule has 4 nitrogen and oxygen atoms in total. The molecule has 1 N–H and O–H groups in total. The summed E-state index contributed by atoms with van der Waals surface area (Å²) in [6.45, 7) is 1.99. The van der Waals surface area contributed by atoms with Crippen LogP contribution in [0.1, 0.15) is 24.1 Å². The first-order valence-electron chi connectivity index (χ1n) is 4.78. The summed E-state index contributed by atoms with van der Waals surface area (Å²) in [5.74, 6) is -1.13. The highest BCUT2D eigenvalue weighted by atomic mass is 19.4. The number of H-pyrrole nitrogens is 1. The van der Waals surface area contributed by atoms with Crippen molar-refractivity contribution in [3.05, 3.63) is 17.2 Å². The minimum absolute atomic E-state index is 0.145. The number of fused-ring (bicyclic) bond motifs is 1. The molecule has 1 aliphatic rings. The van der Waals surface area contributed by atoms with Crippen LogP contribution in [0.3, 0.4) is 0 Å². The average Bonchev–Trinajstić information content (AvgIpc) is 2.58. The van der Waals surface area contributed by atoms with Gasteiger partial charge in [-0.1, -0.05) is 0 Å². The van der Waals surface area contributed by atoms with Crippen molar-refractivity contribution in [1.29, 1.82) is 0 Å². The van der Waals surface area contributed by atoms with Gasteiger partial charge in [0.15, 0.2) is 0 Å². The smallest absolute Gasteiger partial charge is 0.337 e. The Hall–Kier alpha value is -1.53. The quantitative estimate of drug-likeness (QED) is 0.735. The van der Waals surface area contributed by atoms with E-state index in [0.29, 0.717) is 24.4 Å². The molecule has 2 rings (SSSR count). The number of amides is 1. The van der Waals surface area contributed by atoms with E-state index in [0.717, 1.165) is 0 Å². The largest absolute Gasteiger partial charge is 0.449 e. The Labute approximate surface area is 89.5 Å². The molecule has 0 saturated carbocycles. The number of aromatic nitrogens is 2. The van der Waals surface area contributed by atoms with Crippen LogP contribution in [0.15, 0.2) is 0 Å². The maximum Gasteiger partial charge on any atom is 0.449 e. The molecule has 16 heavy (non-hydrogen) atoms.